The van der Waals surface area contributed by atoms with Crippen LogP contribution in [0.5, 0.6) is 0 Å². The van der Waals surface area contributed by atoms with Crippen LogP contribution in [-0.4, -0.2) is 37.0 Å². The normalized spacial score (nSPS) is 21.6. The summed E-state index contributed by atoms with van der Waals surface area (Å²) in [6.45, 7) is 9.61. The second kappa shape index (κ2) is 11.7. The van der Waals surface area contributed by atoms with Crippen LogP contribution < -0.4 is 0 Å². The molecule has 0 unspecified atom stereocenters. The molecule has 0 aromatic rings. The molecular formula is C20H42SSn. The molecule has 0 bridgehead atoms. The Hall–Kier alpha value is 1.15. The average Bonchev–Trinajstić information content (AvgIpc) is 2.55. The van der Waals surface area contributed by atoms with Crippen LogP contribution in [0.15, 0.2) is 0 Å². The predicted molar refractivity (Wildman–Crippen MR) is 109 cm³/mol. The predicted octanol–water partition coefficient (Wildman–Crippen LogP) is 7.34. The van der Waals surface area contributed by atoms with E-state index in [9.17, 15) is 0 Å². The second-order valence-corrected chi connectivity index (χ2v) is 23.3. The van der Waals surface area contributed by atoms with Crippen LogP contribution in [0.4, 0.5) is 0 Å². The Bertz CT molecular complexity index is 235. The summed E-state index contributed by atoms with van der Waals surface area (Å²) in [6.07, 6.45) is 18.3. The van der Waals surface area contributed by atoms with Crippen molar-refractivity contribution in [2.45, 2.75) is 108 Å². The van der Waals surface area contributed by atoms with Gasteiger partial charge in [0.25, 0.3) is 0 Å². The van der Waals surface area contributed by atoms with Crippen molar-refractivity contribution in [3.63, 3.8) is 0 Å². The first kappa shape index (κ1) is 21.2. The molecule has 0 spiro atoms. The standard InChI is InChI=1S/C20H42S.Sn/c1-5-9-14-20(15-10-6-2)16-13-19-21(17-11-7-3)18-12-8-4;/h5-19H2,1-4H3;/q+1;-1. The van der Waals surface area contributed by atoms with Gasteiger partial charge < -0.3 is 0 Å². The molecule has 1 heterocycles. The molecule has 2 radical (unpaired) electrons. The van der Waals surface area contributed by atoms with Gasteiger partial charge in [-0.2, -0.15) is 0 Å². The van der Waals surface area contributed by atoms with E-state index in [2.05, 4.69) is 27.7 Å². The van der Waals surface area contributed by atoms with Crippen LogP contribution in [-0.2, 0) is 0 Å². The minimum atomic E-state index is -0.217. The summed E-state index contributed by atoms with van der Waals surface area (Å²) in [7, 11) is -0.120. The average molecular weight is 433 g/mol. The Morgan fingerprint density at radius 1 is 0.773 bits per heavy atom. The fourth-order valence-corrected chi connectivity index (χ4v) is 26.9. The first-order valence-electron chi connectivity index (χ1n) is 10.2. The van der Waals surface area contributed by atoms with Crippen LogP contribution in [0.1, 0.15) is 105 Å². The number of unbranched alkanes of at least 4 members (excludes halogenated alkanes) is 4. The van der Waals surface area contributed by atoms with Crippen molar-refractivity contribution in [1.82, 2.24) is 0 Å². The molecule has 0 N–H and O–H groups in total. The minimum absolute atomic E-state index is 0.120. The third kappa shape index (κ3) is 6.95. The van der Waals surface area contributed by atoms with Crippen molar-refractivity contribution in [2.75, 3.05) is 17.3 Å². The van der Waals surface area contributed by atoms with Gasteiger partial charge in [-0.3, -0.25) is 0 Å². The van der Waals surface area contributed by atoms with Gasteiger partial charge >= 0.3 is 152 Å². The Balaban J connectivity index is 2.82. The molecule has 1 fully saturated rings. The third-order valence-electron chi connectivity index (χ3n) is 5.42. The van der Waals surface area contributed by atoms with Crippen molar-refractivity contribution in [3.05, 3.63) is 0 Å². The van der Waals surface area contributed by atoms with Crippen LogP contribution in [0.3, 0.4) is 0 Å². The van der Waals surface area contributed by atoms with E-state index < -0.39 is 0 Å². The summed E-state index contributed by atoms with van der Waals surface area (Å²) in [4.78, 5) is 0. The zero-order valence-electron chi connectivity index (χ0n) is 16.0. The van der Waals surface area contributed by atoms with E-state index in [1.165, 1.54) is 51.4 Å². The van der Waals surface area contributed by atoms with Gasteiger partial charge in [-0.05, 0) is 0 Å². The van der Waals surface area contributed by atoms with Gasteiger partial charge in [-0.1, -0.05) is 0 Å². The van der Waals surface area contributed by atoms with Crippen molar-refractivity contribution < 1.29 is 0 Å². The molecule has 0 saturated carbocycles. The summed E-state index contributed by atoms with van der Waals surface area (Å²) in [5.41, 5.74) is 0. The quantitative estimate of drug-likeness (QED) is 0.283. The van der Waals surface area contributed by atoms with Crippen LogP contribution >= 0.6 is 7.21 Å². The summed E-state index contributed by atoms with van der Waals surface area (Å²) < 4.78 is 0.921. The van der Waals surface area contributed by atoms with Gasteiger partial charge in [-0.15, -0.1) is 0 Å². The summed E-state index contributed by atoms with van der Waals surface area (Å²) in [5, 5.41) is 0. The van der Waals surface area contributed by atoms with Crippen LogP contribution in [0.25, 0.3) is 0 Å². The Labute approximate surface area is 152 Å². The maximum atomic E-state index is 2.41. The molecule has 1 aliphatic rings. The SMILES string of the molecule is CCCC[C]1(CCCC)CCC[S](CCCC)(CCCC)[Sn]1. The van der Waals surface area contributed by atoms with Gasteiger partial charge in [0.2, 0.25) is 0 Å². The number of hydrogen-bond donors (Lipinski definition) is 0. The molecule has 0 aliphatic carbocycles. The summed E-state index contributed by atoms with van der Waals surface area (Å²) in [5.74, 6) is 5.05. The first-order chi connectivity index (χ1) is 10.7. The zero-order chi connectivity index (χ0) is 16.3. The molecule has 1 aliphatic heterocycles. The van der Waals surface area contributed by atoms with E-state index in [1.54, 1.807) is 42.9 Å². The van der Waals surface area contributed by atoms with Gasteiger partial charge in [-0.25, -0.2) is 0 Å². The fraction of sp³-hybridized carbons (Fsp3) is 1.00. The van der Waals surface area contributed by atoms with Crippen molar-refractivity contribution in [3.8, 4) is 0 Å². The van der Waals surface area contributed by atoms with E-state index in [1.807, 2.05) is 0 Å². The number of hydrogen-bond acceptors (Lipinski definition) is 0. The monoisotopic (exact) mass is 434 g/mol. The van der Waals surface area contributed by atoms with Crippen molar-refractivity contribution in [2.24, 2.45) is 0 Å². The van der Waals surface area contributed by atoms with Crippen LogP contribution in [0, 0.1) is 0 Å². The molecule has 1 saturated heterocycles. The van der Waals surface area contributed by atoms with E-state index >= 15 is 0 Å². The second-order valence-electron chi connectivity index (χ2n) is 7.56. The maximum absolute atomic E-state index is 2.41. The first-order valence-corrected chi connectivity index (χ1v) is 17.3. The topological polar surface area (TPSA) is 0 Å². The Morgan fingerprint density at radius 3 is 1.73 bits per heavy atom. The molecule has 1 rings (SSSR count). The van der Waals surface area contributed by atoms with E-state index in [4.69, 9.17) is 0 Å². The molecule has 0 aromatic heterocycles. The molecular weight excluding hydrogens is 391 g/mol. The summed E-state index contributed by atoms with van der Waals surface area (Å²) in [6, 6.07) is 0. The zero-order valence-corrected chi connectivity index (χ0v) is 19.7. The molecule has 2 heteroatoms. The molecule has 0 nitrogen and oxygen atoms in total. The van der Waals surface area contributed by atoms with Gasteiger partial charge in [0.15, 0.2) is 0 Å². The van der Waals surface area contributed by atoms with Crippen LogP contribution in [0.2, 0.25) is 3.43 Å². The van der Waals surface area contributed by atoms with Crippen molar-refractivity contribution >= 4 is 27.0 Å². The summed E-state index contributed by atoms with van der Waals surface area (Å²) >= 11 is -0.217. The molecule has 0 atom stereocenters. The van der Waals surface area contributed by atoms with Gasteiger partial charge in [0, 0.05) is 0 Å². The molecule has 0 amide bonds. The molecule has 132 valence electrons. The Morgan fingerprint density at radius 2 is 1.27 bits per heavy atom. The third-order valence-corrected chi connectivity index (χ3v) is 24.3. The number of rotatable bonds is 12. The van der Waals surface area contributed by atoms with Gasteiger partial charge in [0.05, 0.1) is 0 Å². The molecule has 0 aromatic carbocycles. The van der Waals surface area contributed by atoms with E-state index in [0.717, 1.165) is 3.43 Å². The van der Waals surface area contributed by atoms with Gasteiger partial charge in [0.1, 0.15) is 0 Å². The van der Waals surface area contributed by atoms with E-state index in [-0.39, 0.29) is 27.0 Å². The molecule has 22 heavy (non-hydrogen) atoms. The fourth-order valence-electron chi connectivity index (χ4n) is 4.01. The van der Waals surface area contributed by atoms with E-state index in [0.29, 0.717) is 0 Å². The van der Waals surface area contributed by atoms with Crippen molar-refractivity contribution in [1.29, 1.82) is 0 Å². The Kier molecular flexibility index (Phi) is 11.2.